The number of amides is 2. The van der Waals surface area contributed by atoms with Gasteiger partial charge in [0, 0.05) is 37.2 Å². The van der Waals surface area contributed by atoms with Crippen molar-refractivity contribution >= 4 is 17.5 Å². The summed E-state index contributed by atoms with van der Waals surface area (Å²) in [5, 5.41) is 24.1. The van der Waals surface area contributed by atoms with Gasteiger partial charge in [0.1, 0.15) is 5.75 Å². The van der Waals surface area contributed by atoms with Gasteiger partial charge in [0.15, 0.2) is 0 Å². The Morgan fingerprint density at radius 1 is 1.17 bits per heavy atom. The molecule has 126 valence electrons. The van der Waals surface area contributed by atoms with Crippen LogP contribution in [0.5, 0.6) is 5.75 Å². The third kappa shape index (κ3) is 5.90. The van der Waals surface area contributed by atoms with E-state index in [9.17, 15) is 19.8 Å². The molecule has 6 heteroatoms. The lowest BCUT2D eigenvalue weighted by atomic mass is 9.86. The van der Waals surface area contributed by atoms with Gasteiger partial charge in [-0.2, -0.15) is 0 Å². The van der Waals surface area contributed by atoms with Crippen LogP contribution in [0.3, 0.4) is 0 Å². The quantitative estimate of drug-likeness (QED) is 0.642. The highest BCUT2D eigenvalue weighted by atomic mass is 16.3. The molecule has 1 aliphatic rings. The van der Waals surface area contributed by atoms with Crippen molar-refractivity contribution in [2.75, 3.05) is 11.9 Å². The maximum Gasteiger partial charge on any atom is 0.224 e. The van der Waals surface area contributed by atoms with E-state index in [1.807, 2.05) is 0 Å². The molecule has 23 heavy (non-hydrogen) atoms. The largest absolute Gasteiger partial charge is 0.508 e. The van der Waals surface area contributed by atoms with Gasteiger partial charge in [0.2, 0.25) is 11.8 Å². The highest BCUT2D eigenvalue weighted by Gasteiger charge is 2.22. The summed E-state index contributed by atoms with van der Waals surface area (Å²) >= 11 is 0. The molecule has 1 aliphatic carbocycles. The van der Waals surface area contributed by atoms with Crippen molar-refractivity contribution in [2.45, 2.75) is 44.6 Å². The summed E-state index contributed by atoms with van der Waals surface area (Å²) in [5.41, 5.74) is 0.508. The molecule has 0 bridgehead atoms. The minimum absolute atomic E-state index is 0.0799. The second-order valence-electron chi connectivity index (χ2n) is 6.08. The Morgan fingerprint density at radius 2 is 1.96 bits per heavy atom. The number of nitrogens with one attached hydrogen (secondary N) is 2. The van der Waals surface area contributed by atoms with Crippen molar-refractivity contribution in [3.05, 3.63) is 24.3 Å². The summed E-state index contributed by atoms with van der Waals surface area (Å²) in [6.45, 7) is 0.165. The van der Waals surface area contributed by atoms with Gasteiger partial charge in [-0.05, 0) is 37.3 Å². The molecular formula is C17H24N2O4. The monoisotopic (exact) mass is 320 g/mol. The molecule has 1 aromatic carbocycles. The molecule has 0 unspecified atom stereocenters. The van der Waals surface area contributed by atoms with Gasteiger partial charge in [0.25, 0.3) is 0 Å². The first kappa shape index (κ1) is 17.3. The molecule has 1 aromatic rings. The van der Waals surface area contributed by atoms with Gasteiger partial charge >= 0.3 is 0 Å². The number of hydrogen-bond donors (Lipinski definition) is 4. The van der Waals surface area contributed by atoms with Crippen molar-refractivity contribution in [3.8, 4) is 5.75 Å². The molecule has 0 spiro atoms. The van der Waals surface area contributed by atoms with Crippen molar-refractivity contribution in [2.24, 2.45) is 5.92 Å². The average molecular weight is 320 g/mol. The van der Waals surface area contributed by atoms with E-state index in [1.54, 1.807) is 12.1 Å². The fraction of sp³-hybridized carbons (Fsp3) is 0.529. The smallest absolute Gasteiger partial charge is 0.224 e. The van der Waals surface area contributed by atoms with Gasteiger partial charge < -0.3 is 20.8 Å². The minimum Gasteiger partial charge on any atom is -0.508 e. The molecule has 1 fully saturated rings. The van der Waals surface area contributed by atoms with Crippen LogP contribution in [0.4, 0.5) is 5.69 Å². The number of carbonyl (C=O) groups is 2. The lowest BCUT2D eigenvalue weighted by Crippen LogP contribution is -2.39. The summed E-state index contributed by atoms with van der Waals surface area (Å²) in [7, 11) is 0. The molecule has 0 aromatic heterocycles. The zero-order valence-corrected chi connectivity index (χ0v) is 13.1. The lowest BCUT2D eigenvalue weighted by molar-refractivity contribution is -0.125. The number of anilines is 1. The standard InChI is InChI=1S/C17H24N2O4/c20-11-12-3-1-4-13(9-12)18-16(22)7-8-17(23)19-14-5-2-6-15(21)10-14/h2,5-6,10,12-13,20-21H,1,3-4,7-9,11H2,(H,18,22)(H,19,23)/t12-,13+/m1/s1. The van der Waals surface area contributed by atoms with E-state index in [0.717, 1.165) is 25.7 Å². The number of carbonyl (C=O) groups excluding carboxylic acids is 2. The van der Waals surface area contributed by atoms with Crippen LogP contribution in [0.2, 0.25) is 0 Å². The Hall–Kier alpha value is -2.08. The van der Waals surface area contributed by atoms with E-state index in [0.29, 0.717) is 5.69 Å². The summed E-state index contributed by atoms with van der Waals surface area (Å²) in [4.78, 5) is 23.7. The molecule has 1 saturated carbocycles. The van der Waals surface area contributed by atoms with Crippen molar-refractivity contribution < 1.29 is 19.8 Å². The highest BCUT2D eigenvalue weighted by molar-refractivity contribution is 5.93. The number of benzene rings is 1. The molecule has 4 N–H and O–H groups in total. The number of rotatable bonds is 6. The zero-order valence-electron chi connectivity index (χ0n) is 13.1. The molecular weight excluding hydrogens is 296 g/mol. The molecule has 0 radical (unpaired) electrons. The van der Waals surface area contributed by atoms with Crippen LogP contribution < -0.4 is 10.6 Å². The van der Waals surface area contributed by atoms with E-state index in [-0.39, 0.29) is 49.0 Å². The average Bonchev–Trinajstić information content (AvgIpc) is 2.53. The summed E-state index contributed by atoms with van der Waals surface area (Å²) in [5.74, 6) is -0.0540. The maximum absolute atomic E-state index is 11.9. The van der Waals surface area contributed by atoms with Crippen LogP contribution in [0.1, 0.15) is 38.5 Å². The van der Waals surface area contributed by atoms with E-state index < -0.39 is 0 Å². The fourth-order valence-corrected chi connectivity index (χ4v) is 2.92. The number of phenols is 1. The molecule has 0 saturated heterocycles. The third-order valence-electron chi connectivity index (χ3n) is 4.12. The number of aliphatic hydroxyl groups is 1. The van der Waals surface area contributed by atoms with Crippen LogP contribution in [-0.2, 0) is 9.59 Å². The maximum atomic E-state index is 11.9. The van der Waals surface area contributed by atoms with Crippen LogP contribution >= 0.6 is 0 Å². The molecule has 6 nitrogen and oxygen atoms in total. The molecule has 2 rings (SSSR count). The van der Waals surface area contributed by atoms with Gasteiger partial charge in [-0.25, -0.2) is 0 Å². The zero-order chi connectivity index (χ0) is 16.7. The van der Waals surface area contributed by atoms with Crippen molar-refractivity contribution in [3.63, 3.8) is 0 Å². The lowest BCUT2D eigenvalue weighted by Gasteiger charge is -2.28. The van der Waals surface area contributed by atoms with E-state index >= 15 is 0 Å². The first-order chi connectivity index (χ1) is 11.1. The second-order valence-corrected chi connectivity index (χ2v) is 6.08. The molecule has 2 amide bonds. The Morgan fingerprint density at radius 3 is 2.70 bits per heavy atom. The van der Waals surface area contributed by atoms with E-state index in [1.165, 1.54) is 12.1 Å². The normalized spacial score (nSPS) is 20.7. The predicted molar refractivity (Wildman–Crippen MR) is 86.9 cm³/mol. The number of phenolic OH excluding ortho intramolecular Hbond substituents is 1. The second kappa shape index (κ2) is 8.53. The summed E-state index contributed by atoms with van der Waals surface area (Å²) in [6, 6.07) is 6.39. The van der Waals surface area contributed by atoms with Gasteiger partial charge in [-0.15, -0.1) is 0 Å². The third-order valence-corrected chi connectivity index (χ3v) is 4.12. The van der Waals surface area contributed by atoms with Crippen LogP contribution in [0.25, 0.3) is 0 Å². The van der Waals surface area contributed by atoms with Gasteiger partial charge in [0.05, 0.1) is 0 Å². The number of aliphatic hydroxyl groups excluding tert-OH is 1. The van der Waals surface area contributed by atoms with Crippen LogP contribution in [0, 0.1) is 5.92 Å². The van der Waals surface area contributed by atoms with E-state index in [2.05, 4.69) is 10.6 Å². The van der Waals surface area contributed by atoms with Gasteiger partial charge in [-0.3, -0.25) is 9.59 Å². The van der Waals surface area contributed by atoms with Crippen molar-refractivity contribution in [1.82, 2.24) is 5.32 Å². The Balaban J connectivity index is 1.70. The van der Waals surface area contributed by atoms with Crippen LogP contribution in [-0.4, -0.2) is 34.7 Å². The molecule has 0 aliphatic heterocycles. The SMILES string of the molecule is O=C(CCC(=O)N[C@H]1CCC[C@@H](CO)C1)Nc1cccc(O)c1. The topological polar surface area (TPSA) is 98.7 Å². The number of aromatic hydroxyl groups is 1. The first-order valence-electron chi connectivity index (χ1n) is 8.06. The van der Waals surface area contributed by atoms with E-state index in [4.69, 9.17) is 0 Å². The van der Waals surface area contributed by atoms with Crippen molar-refractivity contribution in [1.29, 1.82) is 0 Å². The Labute approximate surface area is 135 Å². The predicted octanol–water partition coefficient (Wildman–Crippen LogP) is 1.78. The Bertz CT molecular complexity index is 547. The van der Waals surface area contributed by atoms with Crippen LogP contribution in [0.15, 0.2) is 24.3 Å². The fourth-order valence-electron chi connectivity index (χ4n) is 2.92. The summed E-state index contributed by atoms with van der Waals surface area (Å²) < 4.78 is 0. The Kier molecular flexibility index (Phi) is 6.40. The molecule has 0 heterocycles. The minimum atomic E-state index is -0.261. The van der Waals surface area contributed by atoms with Gasteiger partial charge in [-0.1, -0.05) is 12.5 Å². The number of hydrogen-bond acceptors (Lipinski definition) is 4. The molecule has 2 atom stereocenters. The highest BCUT2D eigenvalue weighted by Crippen LogP contribution is 2.23. The first-order valence-corrected chi connectivity index (χ1v) is 8.06. The summed E-state index contributed by atoms with van der Waals surface area (Å²) in [6.07, 6.45) is 3.97.